The molecule has 1 atom stereocenters. The quantitative estimate of drug-likeness (QED) is 0.662. The van der Waals surface area contributed by atoms with Gasteiger partial charge in [-0.2, -0.15) is 13.2 Å². The number of nitrogens with one attached hydrogen (secondary N) is 1. The monoisotopic (exact) mass is 269 g/mol. The van der Waals surface area contributed by atoms with Crippen molar-refractivity contribution in [3.8, 4) is 0 Å². The lowest BCUT2D eigenvalue weighted by Crippen LogP contribution is -2.29. The second-order valence-electron chi connectivity index (χ2n) is 4.32. The smallest absolute Gasteiger partial charge is 0.271 e. The van der Waals surface area contributed by atoms with E-state index in [0.717, 1.165) is 16.3 Å². The first kappa shape index (κ1) is 13.8. The molecule has 0 saturated carbocycles. The Morgan fingerprint density at radius 2 is 2.05 bits per heavy atom. The molecular formula is C13H14F3N3. The molecule has 1 unspecified atom stereocenters. The molecule has 0 fully saturated rings. The summed E-state index contributed by atoms with van der Waals surface area (Å²) in [4.78, 5) is 3.99. The topological polar surface area (TPSA) is 50.9 Å². The fourth-order valence-electron chi connectivity index (χ4n) is 2.09. The molecule has 0 aliphatic rings. The summed E-state index contributed by atoms with van der Waals surface area (Å²) in [6.07, 6.45) is -1.86. The Labute approximate surface area is 108 Å². The number of rotatable bonds is 4. The summed E-state index contributed by atoms with van der Waals surface area (Å²) in [6.45, 7) is 0. The summed E-state index contributed by atoms with van der Waals surface area (Å²) in [5.74, 6) is 5.39. The van der Waals surface area contributed by atoms with Gasteiger partial charge in [0.15, 0.2) is 0 Å². The molecule has 0 spiro atoms. The number of alkyl halides is 3. The van der Waals surface area contributed by atoms with Crippen molar-refractivity contribution in [3.05, 3.63) is 42.2 Å². The highest BCUT2D eigenvalue weighted by Crippen LogP contribution is 2.30. The standard InChI is InChI=1S/C13H14F3N3/c14-13(15,16)6-4-12(19-17)11-3-1-2-9-8-18-7-5-10(9)11/h1-3,5,7-8,12,19H,4,6,17H2. The third-order valence-corrected chi connectivity index (χ3v) is 3.01. The molecule has 2 aromatic rings. The van der Waals surface area contributed by atoms with Crippen LogP contribution in [-0.2, 0) is 0 Å². The van der Waals surface area contributed by atoms with Gasteiger partial charge in [-0.15, -0.1) is 0 Å². The average Bonchev–Trinajstić information content (AvgIpc) is 2.38. The van der Waals surface area contributed by atoms with Gasteiger partial charge >= 0.3 is 6.18 Å². The number of hydrogen-bond donors (Lipinski definition) is 2. The first-order chi connectivity index (χ1) is 9.01. The van der Waals surface area contributed by atoms with E-state index in [1.165, 1.54) is 0 Å². The molecule has 1 heterocycles. The number of fused-ring (bicyclic) bond motifs is 1. The normalized spacial score (nSPS) is 13.7. The predicted octanol–water partition coefficient (Wildman–Crippen LogP) is 3.08. The van der Waals surface area contributed by atoms with E-state index in [1.807, 2.05) is 6.07 Å². The molecule has 0 saturated heterocycles. The van der Waals surface area contributed by atoms with E-state index in [2.05, 4.69) is 10.4 Å². The number of nitrogens with zero attached hydrogens (tertiary/aromatic N) is 1. The largest absolute Gasteiger partial charge is 0.389 e. The van der Waals surface area contributed by atoms with E-state index in [9.17, 15) is 13.2 Å². The van der Waals surface area contributed by atoms with Crippen molar-refractivity contribution >= 4 is 10.8 Å². The van der Waals surface area contributed by atoms with Crippen molar-refractivity contribution in [2.45, 2.75) is 25.1 Å². The summed E-state index contributed by atoms with van der Waals surface area (Å²) in [7, 11) is 0. The Bertz CT molecular complexity index is 549. The Morgan fingerprint density at radius 1 is 1.26 bits per heavy atom. The van der Waals surface area contributed by atoms with Crippen molar-refractivity contribution in [2.24, 2.45) is 5.84 Å². The molecule has 1 aromatic heterocycles. The van der Waals surface area contributed by atoms with E-state index in [1.54, 1.807) is 30.6 Å². The SMILES string of the molecule is NNC(CCC(F)(F)F)c1cccc2cnccc12. The lowest BCUT2D eigenvalue weighted by Gasteiger charge is -2.19. The minimum Gasteiger partial charge on any atom is -0.271 e. The maximum atomic E-state index is 12.3. The number of pyridine rings is 1. The van der Waals surface area contributed by atoms with Crippen molar-refractivity contribution in [2.75, 3.05) is 0 Å². The Kier molecular flexibility index (Phi) is 4.01. The van der Waals surface area contributed by atoms with Crippen LogP contribution in [0.4, 0.5) is 13.2 Å². The minimum absolute atomic E-state index is 0.0958. The van der Waals surface area contributed by atoms with E-state index >= 15 is 0 Å². The number of hydrogen-bond acceptors (Lipinski definition) is 3. The highest BCUT2D eigenvalue weighted by Gasteiger charge is 2.28. The van der Waals surface area contributed by atoms with Gasteiger partial charge in [-0.25, -0.2) is 0 Å². The summed E-state index contributed by atoms with van der Waals surface area (Å²) in [6, 6.07) is 6.68. The fraction of sp³-hybridized carbons (Fsp3) is 0.308. The van der Waals surface area contributed by atoms with Crippen molar-refractivity contribution < 1.29 is 13.2 Å². The number of aromatic nitrogens is 1. The molecule has 0 aliphatic heterocycles. The second-order valence-corrected chi connectivity index (χ2v) is 4.32. The number of nitrogens with two attached hydrogens (primary N) is 1. The highest BCUT2D eigenvalue weighted by molar-refractivity contribution is 5.85. The van der Waals surface area contributed by atoms with Crippen molar-refractivity contribution in [1.29, 1.82) is 0 Å². The highest BCUT2D eigenvalue weighted by atomic mass is 19.4. The molecule has 102 valence electrons. The van der Waals surface area contributed by atoms with Crippen molar-refractivity contribution in [1.82, 2.24) is 10.4 Å². The van der Waals surface area contributed by atoms with E-state index in [0.29, 0.717) is 0 Å². The first-order valence-corrected chi connectivity index (χ1v) is 5.87. The summed E-state index contributed by atoms with van der Waals surface area (Å²) >= 11 is 0. The van der Waals surface area contributed by atoms with E-state index in [4.69, 9.17) is 5.84 Å². The minimum atomic E-state index is -4.18. The van der Waals surface area contributed by atoms with Gasteiger partial charge in [0.2, 0.25) is 0 Å². The molecule has 6 heteroatoms. The average molecular weight is 269 g/mol. The second kappa shape index (κ2) is 5.54. The van der Waals surface area contributed by atoms with Crippen LogP contribution < -0.4 is 11.3 Å². The molecule has 0 bridgehead atoms. The Hall–Kier alpha value is -1.66. The third kappa shape index (κ3) is 3.42. The lowest BCUT2D eigenvalue weighted by molar-refractivity contribution is -0.136. The van der Waals surface area contributed by atoms with Gasteiger partial charge in [0.05, 0.1) is 0 Å². The van der Waals surface area contributed by atoms with Gasteiger partial charge in [-0.3, -0.25) is 16.3 Å². The van der Waals surface area contributed by atoms with Gasteiger partial charge in [-0.1, -0.05) is 18.2 Å². The van der Waals surface area contributed by atoms with Crippen LogP contribution in [0.2, 0.25) is 0 Å². The van der Waals surface area contributed by atoms with Crippen LogP contribution in [0, 0.1) is 0 Å². The van der Waals surface area contributed by atoms with Crippen LogP contribution in [0.15, 0.2) is 36.7 Å². The molecule has 0 radical (unpaired) electrons. The molecule has 3 nitrogen and oxygen atoms in total. The fourth-order valence-corrected chi connectivity index (χ4v) is 2.09. The molecule has 19 heavy (non-hydrogen) atoms. The molecule has 2 rings (SSSR count). The number of halogens is 3. The van der Waals surface area contributed by atoms with Crippen LogP contribution in [0.25, 0.3) is 10.8 Å². The zero-order valence-electron chi connectivity index (χ0n) is 10.1. The first-order valence-electron chi connectivity index (χ1n) is 5.87. The summed E-state index contributed by atoms with van der Waals surface area (Å²) in [5.41, 5.74) is 3.22. The predicted molar refractivity (Wildman–Crippen MR) is 67.1 cm³/mol. The van der Waals surface area contributed by atoms with E-state index < -0.39 is 18.6 Å². The summed E-state index contributed by atoms with van der Waals surface area (Å²) in [5, 5.41) is 1.75. The Balaban J connectivity index is 2.30. The van der Waals surface area contributed by atoms with Crippen LogP contribution in [0.5, 0.6) is 0 Å². The molecule has 1 aromatic carbocycles. The van der Waals surface area contributed by atoms with Crippen LogP contribution in [0.3, 0.4) is 0 Å². The van der Waals surface area contributed by atoms with Crippen molar-refractivity contribution in [3.63, 3.8) is 0 Å². The number of hydrazine groups is 1. The van der Waals surface area contributed by atoms with Gasteiger partial charge in [0.25, 0.3) is 0 Å². The van der Waals surface area contributed by atoms with Gasteiger partial charge in [0, 0.05) is 30.2 Å². The van der Waals surface area contributed by atoms with Crippen LogP contribution >= 0.6 is 0 Å². The summed E-state index contributed by atoms with van der Waals surface area (Å²) < 4.78 is 36.9. The molecule has 0 aliphatic carbocycles. The number of benzene rings is 1. The van der Waals surface area contributed by atoms with Gasteiger partial charge in [-0.05, 0) is 23.4 Å². The van der Waals surface area contributed by atoms with Gasteiger partial charge < -0.3 is 0 Å². The zero-order chi connectivity index (χ0) is 13.9. The van der Waals surface area contributed by atoms with Crippen LogP contribution in [0.1, 0.15) is 24.4 Å². The maximum Gasteiger partial charge on any atom is 0.389 e. The van der Waals surface area contributed by atoms with E-state index in [-0.39, 0.29) is 6.42 Å². The molecule has 3 N–H and O–H groups in total. The maximum absolute atomic E-state index is 12.3. The Morgan fingerprint density at radius 3 is 2.74 bits per heavy atom. The lowest BCUT2D eigenvalue weighted by atomic mass is 9.97. The van der Waals surface area contributed by atoms with Crippen LogP contribution in [-0.4, -0.2) is 11.2 Å². The third-order valence-electron chi connectivity index (χ3n) is 3.01. The van der Waals surface area contributed by atoms with Gasteiger partial charge in [0.1, 0.15) is 0 Å². The molecular weight excluding hydrogens is 255 g/mol. The zero-order valence-corrected chi connectivity index (χ0v) is 10.1. The molecule has 0 amide bonds.